The van der Waals surface area contributed by atoms with Crippen molar-refractivity contribution in [1.29, 1.82) is 0 Å². The predicted octanol–water partition coefficient (Wildman–Crippen LogP) is 3.14. The summed E-state index contributed by atoms with van der Waals surface area (Å²) in [6.45, 7) is 6.29. The summed E-state index contributed by atoms with van der Waals surface area (Å²) in [4.78, 5) is 18.4. The van der Waals surface area contributed by atoms with Crippen LogP contribution >= 0.6 is 0 Å². The topological polar surface area (TPSA) is 59.2 Å². The van der Waals surface area contributed by atoms with Crippen molar-refractivity contribution in [2.45, 2.75) is 38.8 Å². The molecule has 3 rings (SSSR count). The van der Waals surface area contributed by atoms with Crippen LogP contribution in [-0.4, -0.2) is 20.9 Å². The molecule has 5 heteroatoms. The van der Waals surface area contributed by atoms with Crippen molar-refractivity contribution >= 4 is 12.0 Å². The Morgan fingerprint density at radius 2 is 2.18 bits per heavy atom. The third-order valence-corrected chi connectivity index (χ3v) is 3.98. The van der Waals surface area contributed by atoms with Gasteiger partial charge in [0.15, 0.2) is 5.82 Å². The Labute approximate surface area is 129 Å². The van der Waals surface area contributed by atoms with Crippen LogP contribution in [0.5, 0.6) is 0 Å². The fourth-order valence-electron chi connectivity index (χ4n) is 2.69. The number of rotatable bonds is 5. The second kappa shape index (κ2) is 6.13. The highest BCUT2D eigenvalue weighted by Gasteiger charge is 2.35. The number of hydrogen-bond acceptors (Lipinski definition) is 4. The zero-order chi connectivity index (χ0) is 15.5. The molecule has 1 amide bonds. The molecule has 0 radical (unpaired) electrons. The molecule has 5 nitrogen and oxygen atoms in total. The fraction of sp³-hybridized carbons (Fsp3) is 0.353. The predicted molar refractivity (Wildman–Crippen MR) is 82.7 cm³/mol. The minimum absolute atomic E-state index is 0.112. The summed E-state index contributed by atoms with van der Waals surface area (Å²) in [5, 5.41) is 3.93. The summed E-state index contributed by atoms with van der Waals surface area (Å²) >= 11 is 0. The van der Waals surface area contributed by atoms with Crippen molar-refractivity contribution < 1.29 is 9.32 Å². The molecule has 0 N–H and O–H groups in total. The van der Waals surface area contributed by atoms with E-state index in [1.54, 1.807) is 6.08 Å². The van der Waals surface area contributed by atoms with E-state index >= 15 is 0 Å². The van der Waals surface area contributed by atoms with Crippen molar-refractivity contribution in [3.8, 4) is 0 Å². The van der Waals surface area contributed by atoms with Gasteiger partial charge >= 0.3 is 0 Å². The van der Waals surface area contributed by atoms with Crippen LogP contribution < -0.4 is 0 Å². The molecule has 1 atom stereocenters. The van der Waals surface area contributed by atoms with Crippen LogP contribution in [0.3, 0.4) is 0 Å². The molecule has 1 aliphatic heterocycles. The van der Waals surface area contributed by atoms with Gasteiger partial charge in [-0.15, -0.1) is 0 Å². The lowest BCUT2D eigenvalue weighted by Crippen LogP contribution is -2.27. The maximum atomic E-state index is 12.2. The summed E-state index contributed by atoms with van der Waals surface area (Å²) in [6, 6.07) is 7.93. The number of carbonyl (C=O) groups excluding carboxylic acids is 1. The van der Waals surface area contributed by atoms with Gasteiger partial charge in [0.2, 0.25) is 11.8 Å². The number of aromatic nitrogens is 2. The number of benzene rings is 1. The normalized spacial score (nSPS) is 18.0. The van der Waals surface area contributed by atoms with Gasteiger partial charge in [0, 0.05) is 19.4 Å². The van der Waals surface area contributed by atoms with Gasteiger partial charge in [-0.1, -0.05) is 49.0 Å². The average Bonchev–Trinajstić information content (AvgIpc) is 3.15. The molecule has 1 aliphatic rings. The number of likely N-dealkylation sites (tertiary alicyclic amines) is 1. The van der Waals surface area contributed by atoms with Crippen LogP contribution in [-0.2, 0) is 17.8 Å². The SMILES string of the molecule is C=Cc1ccc(CN2C(=O)CCC2c2nc(CC)no2)cc1. The molecule has 1 aromatic heterocycles. The number of carbonyl (C=O) groups is 1. The van der Waals surface area contributed by atoms with Crippen molar-refractivity contribution in [2.75, 3.05) is 0 Å². The molecule has 2 heterocycles. The fourth-order valence-corrected chi connectivity index (χ4v) is 2.69. The summed E-state index contributed by atoms with van der Waals surface area (Å²) < 4.78 is 5.32. The number of aryl methyl sites for hydroxylation is 1. The van der Waals surface area contributed by atoms with Gasteiger partial charge in [-0.2, -0.15) is 4.98 Å². The molecular weight excluding hydrogens is 278 g/mol. The average molecular weight is 297 g/mol. The first-order valence-electron chi connectivity index (χ1n) is 7.54. The van der Waals surface area contributed by atoms with E-state index in [-0.39, 0.29) is 11.9 Å². The second-order valence-electron chi connectivity index (χ2n) is 5.42. The van der Waals surface area contributed by atoms with Crippen molar-refractivity contribution in [3.05, 3.63) is 53.7 Å². The highest BCUT2D eigenvalue weighted by atomic mass is 16.5. The number of hydrogen-bond donors (Lipinski definition) is 0. The Balaban J connectivity index is 1.79. The Morgan fingerprint density at radius 1 is 1.41 bits per heavy atom. The first kappa shape index (κ1) is 14.5. The molecule has 0 saturated carbocycles. The lowest BCUT2D eigenvalue weighted by molar-refractivity contribution is -0.129. The van der Waals surface area contributed by atoms with Gasteiger partial charge in [-0.3, -0.25) is 4.79 Å². The van der Waals surface area contributed by atoms with E-state index in [1.165, 1.54) is 0 Å². The molecular formula is C17H19N3O2. The zero-order valence-corrected chi connectivity index (χ0v) is 12.7. The van der Waals surface area contributed by atoms with Gasteiger partial charge in [0.1, 0.15) is 6.04 Å². The van der Waals surface area contributed by atoms with Gasteiger partial charge in [0.05, 0.1) is 0 Å². The molecule has 1 saturated heterocycles. The highest BCUT2D eigenvalue weighted by Crippen LogP contribution is 2.33. The molecule has 0 spiro atoms. The Bertz CT molecular complexity index is 675. The van der Waals surface area contributed by atoms with Gasteiger partial charge in [-0.05, 0) is 17.5 Å². The molecule has 0 aliphatic carbocycles. The maximum absolute atomic E-state index is 12.2. The van der Waals surface area contributed by atoms with Crippen molar-refractivity contribution in [2.24, 2.45) is 0 Å². The smallest absolute Gasteiger partial charge is 0.249 e. The van der Waals surface area contributed by atoms with E-state index < -0.39 is 0 Å². The molecule has 1 fully saturated rings. The minimum Gasteiger partial charge on any atom is -0.337 e. The van der Waals surface area contributed by atoms with Gasteiger partial charge < -0.3 is 9.42 Å². The lowest BCUT2D eigenvalue weighted by Gasteiger charge is -2.22. The third kappa shape index (κ3) is 2.79. The quantitative estimate of drug-likeness (QED) is 0.850. The summed E-state index contributed by atoms with van der Waals surface area (Å²) in [7, 11) is 0. The highest BCUT2D eigenvalue weighted by molar-refractivity contribution is 5.78. The van der Waals surface area contributed by atoms with Crippen LogP contribution in [0.2, 0.25) is 0 Å². The molecule has 22 heavy (non-hydrogen) atoms. The minimum atomic E-state index is -0.112. The summed E-state index contributed by atoms with van der Waals surface area (Å²) in [6.07, 6.45) is 3.79. The molecule has 1 aromatic carbocycles. The molecule has 114 valence electrons. The van der Waals surface area contributed by atoms with Gasteiger partial charge in [0.25, 0.3) is 0 Å². The molecule has 0 bridgehead atoms. The van der Waals surface area contributed by atoms with E-state index in [9.17, 15) is 4.79 Å². The second-order valence-corrected chi connectivity index (χ2v) is 5.42. The maximum Gasteiger partial charge on any atom is 0.249 e. The standard InChI is InChI=1S/C17H19N3O2/c1-3-12-5-7-13(8-6-12)11-20-14(9-10-16(20)21)17-18-15(4-2)19-22-17/h3,5-8,14H,1,4,9-11H2,2H3. The number of nitrogens with zero attached hydrogens (tertiary/aromatic N) is 3. The summed E-state index contributed by atoms with van der Waals surface area (Å²) in [5.74, 6) is 1.36. The Hall–Kier alpha value is -2.43. The van der Waals surface area contributed by atoms with Crippen LogP contribution in [0, 0.1) is 0 Å². The van der Waals surface area contributed by atoms with Gasteiger partial charge in [-0.25, -0.2) is 0 Å². The van der Waals surface area contributed by atoms with E-state index in [4.69, 9.17) is 4.52 Å². The zero-order valence-electron chi connectivity index (χ0n) is 12.7. The van der Waals surface area contributed by atoms with Crippen molar-refractivity contribution in [1.82, 2.24) is 15.0 Å². The van der Waals surface area contributed by atoms with E-state index in [0.717, 1.165) is 24.0 Å². The molecule has 2 aromatic rings. The molecule has 1 unspecified atom stereocenters. The Kier molecular flexibility index (Phi) is 4.04. The Morgan fingerprint density at radius 3 is 2.82 bits per heavy atom. The lowest BCUT2D eigenvalue weighted by atomic mass is 10.1. The van der Waals surface area contributed by atoms with Crippen LogP contribution in [0.25, 0.3) is 6.08 Å². The number of amides is 1. The third-order valence-electron chi connectivity index (χ3n) is 3.98. The monoisotopic (exact) mass is 297 g/mol. The largest absolute Gasteiger partial charge is 0.337 e. The van der Waals surface area contributed by atoms with Crippen molar-refractivity contribution in [3.63, 3.8) is 0 Å². The summed E-state index contributed by atoms with van der Waals surface area (Å²) in [5.41, 5.74) is 2.15. The van der Waals surface area contributed by atoms with E-state index in [1.807, 2.05) is 36.1 Å². The van der Waals surface area contributed by atoms with Crippen LogP contribution in [0.4, 0.5) is 0 Å². The first-order valence-corrected chi connectivity index (χ1v) is 7.54. The van der Waals surface area contributed by atoms with Crippen LogP contribution in [0.15, 0.2) is 35.4 Å². The first-order chi connectivity index (χ1) is 10.7. The van der Waals surface area contributed by atoms with Crippen LogP contribution in [0.1, 0.15) is 48.6 Å². The van der Waals surface area contributed by atoms with E-state index in [0.29, 0.717) is 24.7 Å². The van der Waals surface area contributed by atoms with E-state index in [2.05, 4.69) is 16.7 Å².